The molecule has 214 valence electrons. The fourth-order valence-electron chi connectivity index (χ4n) is 9.68. The van der Waals surface area contributed by atoms with E-state index in [1.54, 1.807) is 0 Å². The largest absolute Gasteiger partial charge is 0.403 e. The molecule has 0 aliphatic heterocycles. The third kappa shape index (κ3) is 4.33. The number of allylic oxidation sites excluding steroid dienone is 1. The monoisotopic (exact) mass is 564 g/mol. The minimum atomic E-state index is -2.84. The first-order valence-corrected chi connectivity index (χ1v) is 17.7. The second-order valence-corrected chi connectivity index (χ2v) is 17.0. The smallest absolute Gasteiger partial charge is 0.288 e. The highest BCUT2D eigenvalue weighted by atomic mass is 28.4. The second-order valence-electron chi connectivity index (χ2n) is 13.6. The lowest BCUT2D eigenvalue weighted by atomic mass is 9.47. The Morgan fingerprint density at radius 3 is 1.90 bits per heavy atom. The van der Waals surface area contributed by atoms with Gasteiger partial charge in [-0.15, -0.1) is 0 Å². The topological polar surface area (TPSA) is 49.7 Å². The van der Waals surface area contributed by atoms with Crippen molar-refractivity contribution < 1.29 is 14.6 Å². The summed E-state index contributed by atoms with van der Waals surface area (Å²) in [5, 5.41) is 25.7. The van der Waals surface area contributed by atoms with Gasteiger partial charge < -0.3 is 14.6 Å². The summed E-state index contributed by atoms with van der Waals surface area (Å²) in [6.45, 7) is 3.04. The average Bonchev–Trinajstić information content (AvgIpc) is 3.33. The Morgan fingerprint density at radius 1 is 0.732 bits per heavy atom. The molecule has 0 aromatic heterocycles. The van der Waals surface area contributed by atoms with Gasteiger partial charge in [0.25, 0.3) is 8.32 Å². The van der Waals surface area contributed by atoms with E-state index >= 15 is 0 Å². The van der Waals surface area contributed by atoms with Crippen molar-refractivity contribution in [1.82, 2.24) is 0 Å². The van der Waals surface area contributed by atoms with Crippen LogP contribution in [0.15, 0.2) is 103 Å². The third-order valence-corrected chi connectivity index (χ3v) is 15.9. The first-order valence-electron chi connectivity index (χ1n) is 15.8. The second kappa shape index (κ2) is 10.6. The zero-order valence-corrected chi connectivity index (χ0v) is 25.3. The number of hydrogen-bond acceptors (Lipinski definition) is 3. The number of hydrogen-bond donors (Lipinski definition) is 2. The lowest BCUT2D eigenvalue weighted by Crippen LogP contribution is -2.70. The molecule has 0 radical (unpaired) electrons. The van der Waals surface area contributed by atoms with E-state index in [1.165, 1.54) is 21.1 Å². The summed E-state index contributed by atoms with van der Waals surface area (Å²) in [7, 11) is -2.84. The fourth-order valence-corrected chi connectivity index (χ4v) is 13.6. The van der Waals surface area contributed by atoms with E-state index in [-0.39, 0.29) is 23.0 Å². The zero-order valence-electron chi connectivity index (χ0n) is 24.3. The first kappa shape index (κ1) is 27.3. The Hall–Kier alpha value is -2.50. The summed E-state index contributed by atoms with van der Waals surface area (Å²) in [6.07, 6.45) is 10.1. The lowest BCUT2D eigenvalue weighted by Gasteiger charge is -2.59. The van der Waals surface area contributed by atoms with Crippen molar-refractivity contribution in [3.8, 4) is 0 Å². The van der Waals surface area contributed by atoms with Gasteiger partial charge in [-0.25, -0.2) is 0 Å². The van der Waals surface area contributed by atoms with Crippen LogP contribution in [0.2, 0.25) is 0 Å². The van der Waals surface area contributed by atoms with Crippen molar-refractivity contribution in [2.24, 2.45) is 28.6 Å². The van der Waals surface area contributed by atoms with Crippen LogP contribution in [0.1, 0.15) is 58.3 Å². The Labute approximate surface area is 246 Å². The van der Waals surface area contributed by atoms with Gasteiger partial charge in [0.1, 0.15) is 0 Å². The van der Waals surface area contributed by atoms with E-state index in [0.29, 0.717) is 24.4 Å². The van der Waals surface area contributed by atoms with Crippen LogP contribution in [0.25, 0.3) is 0 Å². The maximum absolute atomic E-state index is 11.0. The van der Waals surface area contributed by atoms with Crippen LogP contribution in [0.4, 0.5) is 0 Å². The number of rotatable bonds is 6. The molecule has 4 aliphatic carbocycles. The summed E-state index contributed by atoms with van der Waals surface area (Å²) in [5.41, 5.74) is 1.42. The molecule has 0 spiro atoms. The van der Waals surface area contributed by atoms with Crippen molar-refractivity contribution >= 4 is 23.9 Å². The Kier molecular flexibility index (Phi) is 7.10. The molecule has 3 aromatic carbocycles. The summed E-state index contributed by atoms with van der Waals surface area (Å²) < 4.78 is 7.70. The molecule has 7 atom stereocenters. The molecule has 4 heteroatoms. The molecule has 3 saturated carbocycles. The highest BCUT2D eigenvalue weighted by Crippen LogP contribution is 2.65. The fraction of sp³-hybridized carbons (Fsp3) is 0.459. The maximum atomic E-state index is 11.0. The van der Waals surface area contributed by atoms with Gasteiger partial charge >= 0.3 is 0 Å². The van der Waals surface area contributed by atoms with Gasteiger partial charge in [0.05, 0.1) is 12.2 Å². The summed E-state index contributed by atoms with van der Waals surface area (Å²) in [6, 6.07) is 32.8. The molecule has 0 heterocycles. The normalized spacial score (nSPS) is 34.7. The maximum Gasteiger partial charge on any atom is 0.288 e. The van der Waals surface area contributed by atoms with Gasteiger partial charge in [0, 0.05) is 12.0 Å². The molecule has 0 amide bonds. The Bertz CT molecular complexity index is 1280. The van der Waals surface area contributed by atoms with Crippen molar-refractivity contribution in [2.75, 3.05) is 6.61 Å². The van der Waals surface area contributed by atoms with Gasteiger partial charge in [0.2, 0.25) is 0 Å². The van der Waals surface area contributed by atoms with Gasteiger partial charge in [0.15, 0.2) is 0 Å². The predicted molar refractivity (Wildman–Crippen MR) is 168 cm³/mol. The summed E-state index contributed by atoms with van der Waals surface area (Å²) in [5.74, 6) is 1.68. The first-order chi connectivity index (χ1) is 20.0. The van der Waals surface area contributed by atoms with Crippen LogP contribution in [-0.2, 0) is 4.43 Å². The van der Waals surface area contributed by atoms with Crippen LogP contribution in [0.3, 0.4) is 0 Å². The Balaban J connectivity index is 1.34. The van der Waals surface area contributed by atoms with E-state index in [9.17, 15) is 10.2 Å². The molecule has 3 fully saturated rings. The highest BCUT2D eigenvalue weighted by molar-refractivity contribution is 7.07. The number of aliphatic hydroxyl groups excluding tert-OH is 2. The molecule has 0 saturated heterocycles. The molecule has 0 bridgehead atoms. The third-order valence-electron chi connectivity index (χ3n) is 11.8. The molecule has 7 rings (SSSR count). The molecule has 0 unspecified atom stereocenters. The Morgan fingerprint density at radius 2 is 1.32 bits per heavy atom. The number of fused-ring (bicyclic) bond motifs is 5. The highest BCUT2D eigenvalue weighted by Gasteiger charge is 2.60. The van der Waals surface area contributed by atoms with Gasteiger partial charge in [-0.1, -0.05) is 110 Å². The number of aliphatic hydroxyl groups is 2. The predicted octanol–water partition coefficient (Wildman–Crippen LogP) is 5.33. The van der Waals surface area contributed by atoms with Crippen LogP contribution in [0.5, 0.6) is 0 Å². The van der Waals surface area contributed by atoms with Crippen molar-refractivity contribution in [1.29, 1.82) is 0 Å². The quantitative estimate of drug-likeness (QED) is 0.242. The minimum Gasteiger partial charge on any atom is -0.403 e. The van der Waals surface area contributed by atoms with E-state index in [1.807, 2.05) is 0 Å². The molecule has 3 nitrogen and oxygen atoms in total. The van der Waals surface area contributed by atoms with Crippen LogP contribution < -0.4 is 15.6 Å². The van der Waals surface area contributed by atoms with Crippen LogP contribution in [-0.4, -0.2) is 37.3 Å². The zero-order chi connectivity index (χ0) is 28.1. The van der Waals surface area contributed by atoms with E-state index in [0.717, 1.165) is 51.4 Å². The van der Waals surface area contributed by atoms with Crippen LogP contribution in [0, 0.1) is 28.6 Å². The van der Waals surface area contributed by atoms with Crippen molar-refractivity contribution in [3.05, 3.63) is 103 Å². The minimum absolute atomic E-state index is 0.0410. The average molecular weight is 565 g/mol. The van der Waals surface area contributed by atoms with Gasteiger partial charge in [-0.3, -0.25) is 0 Å². The van der Waals surface area contributed by atoms with Gasteiger partial charge in [-0.05, 0) is 90.1 Å². The number of benzene rings is 3. The molecular weight excluding hydrogens is 520 g/mol. The molecule has 3 aromatic rings. The van der Waals surface area contributed by atoms with Gasteiger partial charge in [-0.2, -0.15) is 0 Å². The molecular formula is C37H44O3Si. The van der Waals surface area contributed by atoms with Crippen molar-refractivity contribution in [2.45, 2.75) is 70.5 Å². The SMILES string of the molecule is C[C@]12CC[C@H]3[C@@H](CC=C4C[C@@H](O)CC[C@@]43CO[Si](c3ccccc3)(c3ccccc3)c3ccccc3)[C@@H]1CC[C@@H]2O. The lowest BCUT2D eigenvalue weighted by molar-refractivity contribution is -0.0865. The summed E-state index contributed by atoms with van der Waals surface area (Å²) in [4.78, 5) is 0. The van der Waals surface area contributed by atoms with Crippen LogP contribution >= 0.6 is 0 Å². The van der Waals surface area contributed by atoms with E-state index in [4.69, 9.17) is 4.43 Å². The molecule has 2 N–H and O–H groups in total. The summed E-state index contributed by atoms with van der Waals surface area (Å²) >= 11 is 0. The van der Waals surface area contributed by atoms with Crippen molar-refractivity contribution in [3.63, 3.8) is 0 Å². The van der Waals surface area contributed by atoms with E-state index in [2.05, 4.69) is 104 Å². The molecule has 41 heavy (non-hydrogen) atoms. The molecule has 4 aliphatic rings. The van der Waals surface area contributed by atoms with E-state index < -0.39 is 8.32 Å². The standard InChI is InChI=1S/C37H44O3Si/c1-36-23-22-34-32(33(36)19-20-35(36)39)18-17-27-25-28(38)21-24-37(27,34)26-40-41(29-11-5-2-6-12-29,30-13-7-3-8-14-30)31-15-9-4-10-16-31/h2-17,28,32-35,38-39H,18-26H2,1H3/t28-,32-,33-,34-,35-,36-,37+/m0/s1.